The van der Waals surface area contributed by atoms with E-state index >= 15 is 0 Å². The predicted molar refractivity (Wildman–Crippen MR) is 118 cm³/mol. The molecular formula is C24H27ClN2O3. The van der Waals surface area contributed by atoms with E-state index in [1.807, 2.05) is 54.6 Å². The number of halogens is 1. The Kier molecular flexibility index (Phi) is 6.28. The summed E-state index contributed by atoms with van der Waals surface area (Å²) in [5.74, 6) is -0.396. The van der Waals surface area contributed by atoms with Crippen LogP contribution in [-0.2, 0) is 19.7 Å². The van der Waals surface area contributed by atoms with Crippen molar-refractivity contribution >= 4 is 29.2 Å². The summed E-state index contributed by atoms with van der Waals surface area (Å²) in [4.78, 5) is 29.7. The SMILES string of the molecule is O=C(COC(=O)C1(c2ccccc2)CCCC1)N1CCN(c2cccc(Cl)c2)CC1. The second-order valence-corrected chi connectivity index (χ2v) is 8.52. The van der Waals surface area contributed by atoms with Crippen LogP contribution in [-0.4, -0.2) is 49.6 Å². The number of nitrogens with zero attached hydrogens (tertiary/aromatic N) is 2. The van der Waals surface area contributed by atoms with Crippen LogP contribution in [0.25, 0.3) is 0 Å². The number of anilines is 1. The lowest BCUT2D eigenvalue weighted by Crippen LogP contribution is -2.50. The number of piperazine rings is 1. The Morgan fingerprint density at radius 2 is 1.63 bits per heavy atom. The van der Waals surface area contributed by atoms with Crippen molar-refractivity contribution in [3.05, 3.63) is 65.2 Å². The lowest BCUT2D eigenvalue weighted by Gasteiger charge is -2.36. The molecule has 1 aliphatic carbocycles. The molecule has 1 saturated heterocycles. The number of benzene rings is 2. The van der Waals surface area contributed by atoms with Crippen LogP contribution in [0.5, 0.6) is 0 Å². The first-order valence-corrected chi connectivity index (χ1v) is 11.0. The van der Waals surface area contributed by atoms with Crippen molar-refractivity contribution < 1.29 is 14.3 Å². The normalized spacial score (nSPS) is 18.3. The minimum atomic E-state index is -0.604. The van der Waals surface area contributed by atoms with Crippen molar-refractivity contribution in [1.29, 1.82) is 0 Å². The molecule has 30 heavy (non-hydrogen) atoms. The van der Waals surface area contributed by atoms with Crippen LogP contribution in [0.4, 0.5) is 5.69 Å². The quantitative estimate of drug-likeness (QED) is 0.677. The monoisotopic (exact) mass is 426 g/mol. The Morgan fingerprint density at radius 3 is 2.30 bits per heavy atom. The highest BCUT2D eigenvalue weighted by atomic mass is 35.5. The first-order valence-electron chi connectivity index (χ1n) is 10.6. The van der Waals surface area contributed by atoms with Crippen molar-refractivity contribution in [2.24, 2.45) is 0 Å². The van der Waals surface area contributed by atoms with Gasteiger partial charge in [0.15, 0.2) is 6.61 Å². The molecule has 0 atom stereocenters. The lowest BCUT2D eigenvalue weighted by atomic mass is 9.79. The lowest BCUT2D eigenvalue weighted by molar-refractivity contribution is -0.157. The highest BCUT2D eigenvalue weighted by Gasteiger charge is 2.44. The van der Waals surface area contributed by atoms with E-state index < -0.39 is 5.41 Å². The van der Waals surface area contributed by atoms with Crippen LogP contribution in [0.2, 0.25) is 5.02 Å². The molecule has 6 heteroatoms. The van der Waals surface area contributed by atoms with E-state index in [-0.39, 0.29) is 18.5 Å². The molecule has 0 spiro atoms. The van der Waals surface area contributed by atoms with Crippen molar-refractivity contribution in [1.82, 2.24) is 4.90 Å². The number of hydrogen-bond acceptors (Lipinski definition) is 4. The molecule has 2 aromatic carbocycles. The van der Waals surface area contributed by atoms with E-state index in [0.29, 0.717) is 18.1 Å². The second kappa shape index (κ2) is 9.09. The van der Waals surface area contributed by atoms with Crippen LogP contribution >= 0.6 is 11.6 Å². The largest absolute Gasteiger partial charge is 0.455 e. The molecule has 0 radical (unpaired) electrons. The van der Waals surface area contributed by atoms with Gasteiger partial charge in [-0.2, -0.15) is 0 Å². The number of carbonyl (C=O) groups is 2. The molecule has 1 heterocycles. The molecule has 0 unspecified atom stereocenters. The Labute approximate surface area is 182 Å². The second-order valence-electron chi connectivity index (χ2n) is 8.08. The maximum Gasteiger partial charge on any atom is 0.317 e. The van der Waals surface area contributed by atoms with Crippen LogP contribution in [0.1, 0.15) is 31.2 Å². The topological polar surface area (TPSA) is 49.9 Å². The number of rotatable bonds is 5. The third-order valence-corrected chi connectivity index (χ3v) is 6.54. The van der Waals surface area contributed by atoms with Gasteiger partial charge in [0.2, 0.25) is 0 Å². The van der Waals surface area contributed by atoms with Crippen molar-refractivity contribution in [3.63, 3.8) is 0 Å². The third-order valence-electron chi connectivity index (χ3n) is 6.31. The van der Waals surface area contributed by atoms with Crippen molar-refractivity contribution in [2.45, 2.75) is 31.1 Å². The standard InChI is InChI=1S/C24H27ClN2O3/c25-20-9-6-10-21(17-20)26-13-15-27(16-14-26)22(28)18-30-23(29)24(11-4-5-12-24)19-7-2-1-3-8-19/h1-3,6-10,17H,4-5,11-16,18H2. The van der Waals surface area contributed by atoms with E-state index in [1.165, 1.54) is 0 Å². The van der Waals surface area contributed by atoms with Gasteiger partial charge in [0, 0.05) is 36.9 Å². The van der Waals surface area contributed by atoms with Gasteiger partial charge >= 0.3 is 5.97 Å². The van der Waals surface area contributed by atoms with Gasteiger partial charge in [-0.25, -0.2) is 0 Å². The van der Waals surface area contributed by atoms with Crippen LogP contribution in [0, 0.1) is 0 Å². The Morgan fingerprint density at radius 1 is 0.933 bits per heavy atom. The van der Waals surface area contributed by atoms with E-state index in [1.54, 1.807) is 4.90 Å². The highest BCUT2D eigenvalue weighted by molar-refractivity contribution is 6.30. The van der Waals surface area contributed by atoms with E-state index in [4.69, 9.17) is 16.3 Å². The van der Waals surface area contributed by atoms with Crippen LogP contribution in [0.15, 0.2) is 54.6 Å². The van der Waals surface area contributed by atoms with Gasteiger partial charge in [-0.05, 0) is 36.6 Å². The van der Waals surface area contributed by atoms with Crippen molar-refractivity contribution in [3.8, 4) is 0 Å². The molecule has 0 aromatic heterocycles. The van der Waals surface area contributed by atoms with Gasteiger partial charge in [0.1, 0.15) is 0 Å². The molecule has 2 fully saturated rings. The number of amides is 1. The van der Waals surface area contributed by atoms with Gasteiger partial charge in [-0.1, -0.05) is 60.8 Å². The summed E-state index contributed by atoms with van der Waals surface area (Å²) in [6, 6.07) is 17.6. The molecular weight excluding hydrogens is 400 g/mol. The summed E-state index contributed by atoms with van der Waals surface area (Å²) in [5, 5.41) is 0.706. The molecule has 0 N–H and O–H groups in total. The summed E-state index contributed by atoms with van der Waals surface area (Å²) in [6.45, 7) is 2.48. The number of carbonyl (C=O) groups excluding carboxylic acids is 2. The zero-order valence-electron chi connectivity index (χ0n) is 17.1. The van der Waals surface area contributed by atoms with E-state index in [9.17, 15) is 9.59 Å². The van der Waals surface area contributed by atoms with E-state index in [0.717, 1.165) is 50.0 Å². The third kappa shape index (κ3) is 4.31. The maximum atomic E-state index is 13.0. The number of hydrogen-bond donors (Lipinski definition) is 0. The molecule has 0 bridgehead atoms. The molecule has 158 valence electrons. The maximum absolute atomic E-state index is 13.0. The zero-order chi connectivity index (χ0) is 21.0. The fourth-order valence-corrected chi connectivity index (χ4v) is 4.77. The molecule has 5 nitrogen and oxygen atoms in total. The fourth-order valence-electron chi connectivity index (χ4n) is 4.59. The first-order chi connectivity index (χ1) is 14.6. The fraction of sp³-hybridized carbons (Fsp3) is 0.417. The summed E-state index contributed by atoms with van der Waals surface area (Å²) in [5.41, 5.74) is 1.45. The summed E-state index contributed by atoms with van der Waals surface area (Å²) in [6.07, 6.45) is 3.57. The summed E-state index contributed by atoms with van der Waals surface area (Å²) < 4.78 is 5.56. The molecule has 2 aliphatic rings. The Bertz CT molecular complexity index is 888. The first kappa shape index (κ1) is 20.7. The predicted octanol–water partition coefficient (Wildman–Crippen LogP) is 4.04. The average Bonchev–Trinajstić information content (AvgIpc) is 3.29. The highest BCUT2D eigenvalue weighted by Crippen LogP contribution is 2.42. The average molecular weight is 427 g/mol. The molecule has 1 aliphatic heterocycles. The minimum Gasteiger partial charge on any atom is -0.455 e. The number of esters is 1. The summed E-state index contributed by atoms with van der Waals surface area (Å²) >= 11 is 6.08. The van der Waals surface area contributed by atoms with Crippen LogP contribution < -0.4 is 4.90 Å². The van der Waals surface area contributed by atoms with Gasteiger partial charge < -0.3 is 14.5 Å². The van der Waals surface area contributed by atoms with Gasteiger partial charge in [-0.3, -0.25) is 9.59 Å². The zero-order valence-corrected chi connectivity index (χ0v) is 17.8. The van der Waals surface area contributed by atoms with Gasteiger partial charge in [0.25, 0.3) is 5.91 Å². The smallest absolute Gasteiger partial charge is 0.317 e. The number of ether oxygens (including phenoxy) is 1. The minimum absolute atomic E-state index is 0.129. The summed E-state index contributed by atoms with van der Waals surface area (Å²) in [7, 11) is 0. The van der Waals surface area contributed by atoms with Crippen molar-refractivity contribution in [2.75, 3.05) is 37.7 Å². The molecule has 1 amide bonds. The molecule has 1 saturated carbocycles. The van der Waals surface area contributed by atoms with Gasteiger partial charge in [0.05, 0.1) is 5.41 Å². The molecule has 4 rings (SSSR count). The van der Waals surface area contributed by atoms with E-state index in [2.05, 4.69) is 4.90 Å². The molecule has 2 aromatic rings. The Balaban J connectivity index is 1.32. The Hall–Kier alpha value is -2.53. The van der Waals surface area contributed by atoms with Gasteiger partial charge in [-0.15, -0.1) is 0 Å². The van der Waals surface area contributed by atoms with Crippen LogP contribution in [0.3, 0.4) is 0 Å².